The topological polar surface area (TPSA) is 159 Å². The molecule has 0 atom stereocenters. The minimum atomic E-state index is 0.0233. The van der Waals surface area contributed by atoms with Gasteiger partial charge in [-0.15, -0.1) is 0 Å². The second-order valence-electron chi connectivity index (χ2n) is 14.8. The number of aliphatic hydroxyl groups excluding tert-OH is 1. The lowest BCUT2D eigenvalue weighted by molar-refractivity contribution is -0.0301. The Balaban J connectivity index is 3.08. The van der Waals surface area contributed by atoms with Gasteiger partial charge in [-0.25, -0.2) is 0 Å². The van der Waals surface area contributed by atoms with E-state index < -0.39 is 0 Å². The Morgan fingerprint density at radius 1 is 0.219 bits per heavy atom. The number of aliphatic hydroxyl groups is 1. The van der Waals surface area contributed by atoms with Gasteiger partial charge in [-0.05, 0) is 32.1 Å². The van der Waals surface area contributed by atoms with Crippen molar-refractivity contribution in [2.24, 2.45) is 0 Å². The summed E-state index contributed by atoms with van der Waals surface area (Å²) in [6.07, 6.45) is 23.2. The Morgan fingerprint density at radius 2 is 0.406 bits per heavy atom. The molecule has 0 aromatic heterocycles. The maximum atomic E-state index is 8.60. The predicted molar refractivity (Wildman–Crippen MR) is 249 cm³/mol. The summed E-state index contributed by atoms with van der Waals surface area (Å²) in [4.78, 5) is 0. The first-order valence-corrected chi connectivity index (χ1v) is 24.8. The van der Waals surface area contributed by atoms with Crippen molar-refractivity contribution in [1.82, 2.24) is 0 Å². The Morgan fingerprint density at radius 3 is 0.641 bits per heavy atom. The van der Waals surface area contributed by atoms with Gasteiger partial charge in [0.2, 0.25) is 0 Å². The quantitative estimate of drug-likeness (QED) is 0.0537. The lowest BCUT2D eigenvalue weighted by atomic mass is 10.1. The SMILES string of the molecule is CCCCCCCC/C=C\CCCCCCCCOCCOCCOCCOCCOCCOCCOCCOCCOCCOCCOCCOCCOCCOCCOCCO. The summed E-state index contributed by atoms with van der Waals surface area (Å²) in [7, 11) is 0. The molecule has 0 radical (unpaired) electrons. The molecule has 384 valence electrons. The number of allylic oxidation sites excluding steroid dienone is 2. The fourth-order valence-electron chi connectivity index (χ4n) is 5.70. The normalized spacial score (nSPS) is 11.8. The van der Waals surface area contributed by atoms with Crippen LogP contribution >= 0.6 is 0 Å². The van der Waals surface area contributed by atoms with Crippen LogP contribution in [0.3, 0.4) is 0 Å². The molecule has 0 aliphatic heterocycles. The smallest absolute Gasteiger partial charge is 0.0701 e. The molecule has 0 saturated carbocycles. The molecule has 0 fully saturated rings. The first kappa shape index (κ1) is 63.1. The molecule has 16 nitrogen and oxygen atoms in total. The zero-order valence-electron chi connectivity index (χ0n) is 40.5. The highest BCUT2D eigenvalue weighted by molar-refractivity contribution is 4.81. The van der Waals surface area contributed by atoms with E-state index in [4.69, 9.17) is 76.2 Å². The molecule has 1 N–H and O–H groups in total. The zero-order valence-corrected chi connectivity index (χ0v) is 40.5. The van der Waals surface area contributed by atoms with Crippen LogP contribution in [0, 0.1) is 0 Å². The fraction of sp³-hybridized carbons (Fsp3) is 0.958. The second kappa shape index (κ2) is 62.1. The highest BCUT2D eigenvalue weighted by Crippen LogP contribution is 2.10. The van der Waals surface area contributed by atoms with Crippen LogP contribution in [-0.2, 0) is 71.1 Å². The van der Waals surface area contributed by atoms with Crippen molar-refractivity contribution in [1.29, 1.82) is 0 Å². The van der Waals surface area contributed by atoms with Gasteiger partial charge in [0.1, 0.15) is 0 Å². The summed E-state index contributed by atoms with van der Waals surface area (Å²) in [5.41, 5.74) is 0. The monoisotopic (exact) mass is 929 g/mol. The van der Waals surface area contributed by atoms with Gasteiger partial charge in [-0.3, -0.25) is 0 Å². The van der Waals surface area contributed by atoms with E-state index in [1.165, 1.54) is 83.5 Å². The Labute approximate surface area is 389 Å². The number of hydrogen-bond donors (Lipinski definition) is 1. The van der Waals surface area contributed by atoms with E-state index in [1.54, 1.807) is 0 Å². The van der Waals surface area contributed by atoms with Crippen LogP contribution in [0.15, 0.2) is 12.2 Å². The molecule has 0 saturated heterocycles. The van der Waals surface area contributed by atoms with Crippen molar-refractivity contribution >= 4 is 0 Å². The first-order valence-electron chi connectivity index (χ1n) is 24.8. The molecule has 16 heteroatoms. The molecule has 0 rings (SSSR count). The fourth-order valence-corrected chi connectivity index (χ4v) is 5.70. The minimum absolute atomic E-state index is 0.0233. The van der Waals surface area contributed by atoms with Gasteiger partial charge in [0.15, 0.2) is 0 Å². The number of unbranched alkanes of at least 4 members (excludes halogenated alkanes) is 12. The summed E-state index contributed by atoms with van der Waals surface area (Å²) in [5.74, 6) is 0. The van der Waals surface area contributed by atoms with Crippen LogP contribution in [0.2, 0.25) is 0 Å². The van der Waals surface area contributed by atoms with E-state index >= 15 is 0 Å². The lowest BCUT2D eigenvalue weighted by Gasteiger charge is -2.09. The van der Waals surface area contributed by atoms with Gasteiger partial charge in [0.05, 0.1) is 198 Å². The van der Waals surface area contributed by atoms with E-state index in [1.807, 2.05) is 0 Å². The molecule has 0 aromatic rings. The van der Waals surface area contributed by atoms with Crippen LogP contribution in [0.25, 0.3) is 0 Å². The Hall–Kier alpha value is -0.900. The summed E-state index contributed by atoms with van der Waals surface area (Å²) < 4.78 is 82.2. The Kier molecular flexibility index (Phi) is 61.2. The van der Waals surface area contributed by atoms with Crippen LogP contribution in [0.5, 0.6) is 0 Å². The third kappa shape index (κ3) is 61.1. The second-order valence-corrected chi connectivity index (χ2v) is 14.8. The molecule has 0 heterocycles. The largest absolute Gasteiger partial charge is 0.394 e. The summed E-state index contributed by atoms with van der Waals surface area (Å²) in [5, 5.41) is 8.60. The van der Waals surface area contributed by atoms with Crippen molar-refractivity contribution in [3.63, 3.8) is 0 Å². The van der Waals surface area contributed by atoms with E-state index in [-0.39, 0.29) is 6.61 Å². The molecule has 0 bridgehead atoms. The minimum Gasteiger partial charge on any atom is -0.394 e. The predicted octanol–water partition coefficient (Wildman–Crippen LogP) is 6.27. The van der Waals surface area contributed by atoms with E-state index in [9.17, 15) is 0 Å². The summed E-state index contributed by atoms with van der Waals surface area (Å²) in [6, 6.07) is 0. The van der Waals surface area contributed by atoms with Crippen molar-refractivity contribution < 1.29 is 76.2 Å². The summed E-state index contributed by atoms with van der Waals surface area (Å²) in [6.45, 7) is 17.9. The molecule has 0 aliphatic rings. The van der Waals surface area contributed by atoms with Gasteiger partial charge in [0, 0.05) is 6.61 Å². The van der Waals surface area contributed by atoms with E-state index in [0.29, 0.717) is 192 Å². The van der Waals surface area contributed by atoms with Crippen molar-refractivity contribution in [2.75, 3.05) is 205 Å². The summed E-state index contributed by atoms with van der Waals surface area (Å²) >= 11 is 0. The molecule has 0 spiro atoms. The van der Waals surface area contributed by atoms with Crippen LogP contribution in [0.1, 0.15) is 96.8 Å². The number of ether oxygens (including phenoxy) is 15. The lowest BCUT2D eigenvalue weighted by Crippen LogP contribution is -2.15. The number of hydrogen-bond acceptors (Lipinski definition) is 16. The van der Waals surface area contributed by atoms with Crippen molar-refractivity contribution in [2.45, 2.75) is 96.8 Å². The van der Waals surface area contributed by atoms with Gasteiger partial charge < -0.3 is 76.2 Å². The van der Waals surface area contributed by atoms with Gasteiger partial charge in [0.25, 0.3) is 0 Å². The average molecular weight is 929 g/mol. The molecular weight excluding hydrogens is 833 g/mol. The molecule has 64 heavy (non-hydrogen) atoms. The van der Waals surface area contributed by atoms with E-state index in [2.05, 4.69) is 19.1 Å². The third-order valence-corrected chi connectivity index (χ3v) is 9.24. The van der Waals surface area contributed by atoms with Gasteiger partial charge in [-0.1, -0.05) is 76.9 Å². The zero-order chi connectivity index (χ0) is 45.8. The van der Waals surface area contributed by atoms with Gasteiger partial charge in [-0.2, -0.15) is 0 Å². The maximum absolute atomic E-state index is 8.60. The Bertz CT molecular complexity index is 831. The third-order valence-electron chi connectivity index (χ3n) is 9.24. The van der Waals surface area contributed by atoms with Crippen LogP contribution in [0.4, 0.5) is 0 Å². The molecule has 0 amide bonds. The van der Waals surface area contributed by atoms with Crippen LogP contribution in [-0.4, -0.2) is 210 Å². The highest BCUT2D eigenvalue weighted by atomic mass is 16.6. The van der Waals surface area contributed by atoms with Crippen molar-refractivity contribution in [3.05, 3.63) is 12.2 Å². The molecule has 0 aliphatic carbocycles. The van der Waals surface area contributed by atoms with E-state index in [0.717, 1.165) is 13.0 Å². The molecule has 0 unspecified atom stereocenters. The molecule has 0 aromatic carbocycles. The maximum Gasteiger partial charge on any atom is 0.0701 e. The van der Waals surface area contributed by atoms with Crippen molar-refractivity contribution in [3.8, 4) is 0 Å². The first-order chi connectivity index (χ1) is 31.9. The van der Waals surface area contributed by atoms with Gasteiger partial charge >= 0.3 is 0 Å². The average Bonchev–Trinajstić information content (AvgIpc) is 3.31. The van der Waals surface area contributed by atoms with Crippen LogP contribution < -0.4 is 0 Å². The highest BCUT2D eigenvalue weighted by Gasteiger charge is 1.99. The standard InChI is InChI=1S/C48H96O16/c1-2-3-4-5-6-7-8-9-10-11-12-13-14-15-16-17-19-50-21-23-52-25-27-54-29-31-56-33-35-58-37-39-60-41-43-62-45-47-64-48-46-63-44-42-61-40-38-59-36-34-57-32-30-55-28-26-53-24-22-51-20-18-49/h9-10,49H,2-8,11-48H2,1H3/b10-9-. The molecular formula is C48H96O16. The number of rotatable bonds is 60.